The maximum Gasteiger partial charge on any atom is 0.306 e. The summed E-state index contributed by atoms with van der Waals surface area (Å²) < 4.78 is 0. The molecule has 0 fully saturated rings. The van der Waals surface area contributed by atoms with Crippen molar-refractivity contribution in [2.45, 2.75) is 38.2 Å². The second-order valence-corrected chi connectivity index (χ2v) is 4.88. The minimum atomic E-state index is -0.946. The third kappa shape index (κ3) is 2.21. The van der Waals surface area contributed by atoms with E-state index in [9.17, 15) is 9.90 Å². The van der Waals surface area contributed by atoms with Gasteiger partial charge < -0.3 is 10.2 Å². The zero-order chi connectivity index (χ0) is 10.8. The van der Waals surface area contributed by atoms with Gasteiger partial charge in [0.2, 0.25) is 0 Å². The Labute approximate surface area is 92.4 Å². The van der Waals surface area contributed by atoms with Crippen LogP contribution in [0.2, 0.25) is 0 Å². The molecule has 0 saturated heterocycles. The van der Waals surface area contributed by atoms with Crippen molar-refractivity contribution in [3.05, 3.63) is 21.4 Å². The third-order valence-corrected chi connectivity index (χ3v) is 3.93. The number of aryl methyl sites for hydroxylation is 1. The molecule has 0 amide bonds. The van der Waals surface area contributed by atoms with E-state index in [1.165, 1.54) is 16.9 Å². The zero-order valence-electron chi connectivity index (χ0n) is 8.40. The molecule has 1 heterocycles. The lowest BCUT2D eigenvalue weighted by atomic mass is 9.93. The lowest BCUT2D eigenvalue weighted by molar-refractivity contribution is -0.139. The summed E-state index contributed by atoms with van der Waals surface area (Å²) in [7, 11) is 0. The van der Waals surface area contributed by atoms with Gasteiger partial charge in [0.1, 0.15) is 0 Å². The summed E-state index contributed by atoms with van der Waals surface area (Å²) in [5.74, 6) is -0.946. The Bertz CT molecular complexity index is 370. The highest BCUT2D eigenvalue weighted by molar-refractivity contribution is 7.10. The topological polar surface area (TPSA) is 57.5 Å². The van der Waals surface area contributed by atoms with Crippen LogP contribution in [0.3, 0.4) is 0 Å². The van der Waals surface area contributed by atoms with E-state index in [2.05, 4.69) is 0 Å². The SMILES string of the molecule is O=C(O)CC(O)c1csc2c1CCCC2. The molecule has 15 heavy (non-hydrogen) atoms. The predicted molar refractivity (Wildman–Crippen MR) is 58.2 cm³/mol. The van der Waals surface area contributed by atoms with Gasteiger partial charge in [0, 0.05) is 4.88 Å². The minimum absolute atomic E-state index is 0.191. The first-order valence-corrected chi connectivity index (χ1v) is 6.05. The number of aliphatic carboxylic acids is 1. The van der Waals surface area contributed by atoms with Crippen molar-refractivity contribution in [3.8, 4) is 0 Å². The molecule has 1 aliphatic carbocycles. The molecule has 2 rings (SSSR count). The van der Waals surface area contributed by atoms with Crippen LogP contribution in [0.4, 0.5) is 0 Å². The molecule has 0 aromatic carbocycles. The molecule has 82 valence electrons. The number of thiophene rings is 1. The monoisotopic (exact) mass is 226 g/mol. The molecule has 1 aromatic heterocycles. The van der Waals surface area contributed by atoms with Gasteiger partial charge in [0.25, 0.3) is 0 Å². The molecule has 0 aliphatic heterocycles. The number of fused-ring (bicyclic) bond motifs is 1. The average Bonchev–Trinajstić information content (AvgIpc) is 2.59. The van der Waals surface area contributed by atoms with Gasteiger partial charge in [-0.15, -0.1) is 11.3 Å². The lowest BCUT2D eigenvalue weighted by Gasteiger charge is -2.15. The Balaban J connectivity index is 2.20. The molecule has 1 atom stereocenters. The van der Waals surface area contributed by atoms with E-state index in [4.69, 9.17) is 5.11 Å². The highest BCUT2D eigenvalue weighted by Crippen LogP contribution is 2.34. The van der Waals surface area contributed by atoms with Crippen molar-refractivity contribution in [1.82, 2.24) is 0 Å². The van der Waals surface area contributed by atoms with Gasteiger partial charge in [0.15, 0.2) is 0 Å². The van der Waals surface area contributed by atoms with Crippen LogP contribution in [0.5, 0.6) is 0 Å². The molecule has 3 nitrogen and oxygen atoms in total. The largest absolute Gasteiger partial charge is 0.481 e. The van der Waals surface area contributed by atoms with Gasteiger partial charge >= 0.3 is 5.97 Å². The van der Waals surface area contributed by atoms with Gasteiger partial charge in [-0.2, -0.15) is 0 Å². The fraction of sp³-hybridized carbons (Fsp3) is 0.545. The van der Waals surface area contributed by atoms with Crippen LogP contribution >= 0.6 is 11.3 Å². The molecular weight excluding hydrogens is 212 g/mol. The fourth-order valence-electron chi connectivity index (χ4n) is 2.07. The molecule has 1 unspecified atom stereocenters. The number of aliphatic hydroxyl groups excluding tert-OH is 1. The van der Waals surface area contributed by atoms with Crippen molar-refractivity contribution in [1.29, 1.82) is 0 Å². The van der Waals surface area contributed by atoms with Gasteiger partial charge in [-0.05, 0) is 42.2 Å². The summed E-state index contributed by atoms with van der Waals surface area (Å²) in [5, 5.41) is 20.3. The van der Waals surface area contributed by atoms with Crippen LogP contribution in [-0.4, -0.2) is 16.2 Å². The van der Waals surface area contributed by atoms with Gasteiger partial charge in [-0.25, -0.2) is 0 Å². The van der Waals surface area contributed by atoms with Crippen LogP contribution in [0, 0.1) is 0 Å². The number of hydrogen-bond acceptors (Lipinski definition) is 3. The summed E-state index contributed by atoms with van der Waals surface area (Å²) in [4.78, 5) is 11.9. The maximum absolute atomic E-state index is 10.5. The molecule has 0 bridgehead atoms. The predicted octanol–water partition coefficient (Wildman–Crippen LogP) is 2.13. The first kappa shape index (κ1) is 10.6. The minimum Gasteiger partial charge on any atom is -0.481 e. The third-order valence-electron chi connectivity index (χ3n) is 2.82. The van der Waals surface area contributed by atoms with Crippen molar-refractivity contribution in [2.75, 3.05) is 0 Å². The second-order valence-electron chi connectivity index (χ2n) is 3.91. The van der Waals surface area contributed by atoms with E-state index in [1.807, 2.05) is 5.38 Å². The van der Waals surface area contributed by atoms with Crippen molar-refractivity contribution < 1.29 is 15.0 Å². The molecule has 1 aromatic rings. The summed E-state index contributed by atoms with van der Waals surface area (Å²) in [6.45, 7) is 0. The van der Waals surface area contributed by atoms with Crippen LogP contribution in [0.1, 0.15) is 41.4 Å². The maximum atomic E-state index is 10.5. The lowest BCUT2D eigenvalue weighted by Crippen LogP contribution is -2.08. The van der Waals surface area contributed by atoms with E-state index in [0.29, 0.717) is 0 Å². The normalized spacial score (nSPS) is 17.1. The first-order valence-electron chi connectivity index (χ1n) is 5.17. The van der Waals surface area contributed by atoms with Crippen molar-refractivity contribution >= 4 is 17.3 Å². The summed E-state index contributed by atoms with van der Waals surface area (Å²) in [6.07, 6.45) is 3.41. The number of carbonyl (C=O) groups is 1. The second kappa shape index (κ2) is 4.33. The fourth-order valence-corrected chi connectivity index (χ4v) is 3.27. The highest BCUT2D eigenvalue weighted by atomic mass is 32.1. The summed E-state index contributed by atoms with van der Waals surface area (Å²) in [6, 6.07) is 0. The van der Waals surface area contributed by atoms with Crippen LogP contribution in [0.15, 0.2) is 5.38 Å². The van der Waals surface area contributed by atoms with Gasteiger partial charge in [-0.3, -0.25) is 4.79 Å². The number of hydrogen-bond donors (Lipinski definition) is 2. The van der Waals surface area contributed by atoms with E-state index < -0.39 is 12.1 Å². The molecule has 0 spiro atoms. The van der Waals surface area contributed by atoms with E-state index >= 15 is 0 Å². The number of carboxylic acids is 1. The van der Waals surface area contributed by atoms with Crippen molar-refractivity contribution in [2.24, 2.45) is 0 Å². The summed E-state index contributed by atoms with van der Waals surface area (Å²) >= 11 is 1.65. The molecule has 2 N–H and O–H groups in total. The molecule has 1 aliphatic rings. The number of aliphatic hydroxyl groups is 1. The smallest absolute Gasteiger partial charge is 0.306 e. The van der Waals surface area contributed by atoms with Gasteiger partial charge in [-0.1, -0.05) is 0 Å². The standard InChI is InChI=1S/C11H14O3S/c12-9(5-11(13)14)8-6-15-10-4-2-1-3-7(8)10/h6,9,12H,1-5H2,(H,13,14). The average molecular weight is 226 g/mol. The Hall–Kier alpha value is -0.870. The summed E-state index contributed by atoms with van der Waals surface area (Å²) in [5.41, 5.74) is 2.05. The Morgan fingerprint density at radius 1 is 1.47 bits per heavy atom. The van der Waals surface area contributed by atoms with Crippen LogP contribution < -0.4 is 0 Å². The number of rotatable bonds is 3. The molecule has 0 saturated carbocycles. The van der Waals surface area contributed by atoms with Crippen LogP contribution in [-0.2, 0) is 17.6 Å². The zero-order valence-corrected chi connectivity index (χ0v) is 9.22. The van der Waals surface area contributed by atoms with E-state index in [-0.39, 0.29) is 6.42 Å². The number of carboxylic acid groups (broad SMARTS) is 1. The Morgan fingerprint density at radius 3 is 2.93 bits per heavy atom. The van der Waals surface area contributed by atoms with Crippen LogP contribution in [0.25, 0.3) is 0 Å². The van der Waals surface area contributed by atoms with E-state index in [0.717, 1.165) is 24.8 Å². The highest BCUT2D eigenvalue weighted by Gasteiger charge is 2.21. The Kier molecular flexibility index (Phi) is 3.07. The first-order chi connectivity index (χ1) is 7.18. The van der Waals surface area contributed by atoms with Gasteiger partial charge in [0.05, 0.1) is 12.5 Å². The van der Waals surface area contributed by atoms with Crippen molar-refractivity contribution in [3.63, 3.8) is 0 Å². The van der Waals surface area contributed by atoms with E-state index in [1.54, 1.807) is 11.3 Å². The Morgan fingerprint density at radius 2 is 2.20 bits per heavy atom. The molecular formula is C11H14O3S. The molecule has 4 heteroatoms. The molecule has 0 radical (unpaired) electrons. The quantitative estimate of drug-likeness (QED) is 0.830.